The summed E-state index contributed by atoms with van der Waals surface area (Å²) in [6.07, 6.45) is 0. The highest BCUT2D eigenvalue weighted by Gasteiger charge is 2.16. The van der Waals surface area contributed by atoms with E-state index in [1.807, 2.05) is 0 Å². The van der Waals surface area contributed by atoms with Gasteiger partial charge in [-0.3, -0.25) is 10.1 Å². The van der Waals surface area contributed by atoms with Crippen molar-refractivity contribution in [3.8, 4) is 11.5 Å². The second-order valence-corrected chi connectivity index (χ2v) is 5.98. The van der Waals surface area contributed by atoms with Crippen LogP contribution in [0.1, 0.15) is 10.4 Å². The summed E-state index contributed by atoms with van der Waals surface area (Å²) in [4.78, 5) is 12.3. The SMILES string of the molecule is COc1c(Cl)cc(C(=O)NC(=S)Nc2ccccc2OC(F)F)cc1Cl. The van der Waals surface area contributed by atoms with E-state index in [0.29, 0.717) is 0 Å². The molecule has 2 aromatic carbocycles. The summed E-state index contributed by atoms with van der Waals surface area (Å²) in [5.74, 6) is -0.473. The van der Waals surface area contributed by atoms with E-state index in [1.165, 1.54) is 37.4 Å². The van der Waals surface area contributed by atoms with Gasteiger partial charge in [-0.2, -0.15) is 8.78 Å². The minimum atomic E-state index is -3.00. The Morgan fingerprint density at radius 2 is 1.81 bits per heavy atom. The van der Waals surface area contributed by atoms with E-state index in [-0.39, 0.29) is 37.9 Å². The number of methoxy groups -OCH3 is 1. The molecule has 0 aliphatic heterocycles. The minimum Gasteiger partial charge on any atom is -0.494 e. The number of ether oxygens (including phenoxy) is 2. The van der Waals surface area contributed by atoms with Gasteiger partial charge in [-0.1, -0.05) is 35.3 Å². The average Bonchev–Trinajstić information content (AvgIpc) is 2.55. The van der Waals surface area contributed by atoms with E-state index in [9.17, 15) is 13.6 Å². The van der Waals surface area contributed by atoms with Crippen LogP contribution in [0.2, 0.25) is 10.0 Å². The number of hydrogen-bond acceptors (Lipinski definition) is 4. The molecular formula is C16H12Cl2F2N2O3S. The molecule has 0 saturated heterocycles. The van der Waals surface area contributed by atoms with Crippen LogP contribution < -0.4 is 20.1 Å². The van der Waals surface area contributed by atoms with Crippen LogP contribution in [0.15, 0.2) is 36.4 Å². The highest BCUT2D eigenvalue weighted by molar-refractivity contribution is 7.80. The fraction of sp³-hybridized carbons (Fsp3) is 0.125. The van der Waals surface area contributed by atoms with Crippen molar-refractivity contribution >= 4 is 52.1 Å². The molecule has 0 fully saturated rings. The van der Waals surface area contributed by atoms with Crippen LogP contribution in [-0.4, -0.2) is 24.7 Å². The number of alkyl halides is 2. The van der Waals surface area contributed by atoms with Crippen LogP contribution in [-0.2, 0) is 0 Å². The third kappa shape index (κ3) is 5.17. The Morgan fingerprint density at radius 1 is 1.19 bits per heavy atom. The van der Waals surface area contributed by atoms with Crippen molar-refractivity contribution in [2.75, 3.05) is 12.4 Å². The van der Waals surface area contributed by atoms with Gasteiger partial charge in [-0.15, -0.1) is 0 Å². The normalized spacial score (nSPS) is 10.4. The molecule has 0 saturated carbocycles. The number of para-hydroxylation sites is 2. The predicted molar refractivity (Wildman–Crippen MR) is 99.8 cm³/mol. The number of halogens is 4. The van der Waals surface area contributed by atoms with Crippen molar-refractivity contribution in [2.24, 2.45) is 0 Å². The molecule has 138 valence electrons. The second-order valence-electron chi connectivity index (χ2n) is 4.76. The Bertz CT molecular complexity index is 814. The van der Waals surface area contributed by atoms with Gasteiger partial charge in [0.25, 0.3) is 5.91 Å². The van der Waals surface area contributed by atoms with Crippen LogP contribution in [0.3, 0.4) is 0 Å². The summed E-state index contributed by atoms with van der Waals surface area (Å²) in [6, 6.07) is 8.63. The molecule has 0 spiro atoms. The summed E-state index contributed by atoms with van der Waals surface area (Å²) >= 11 is 17.0. The lowest BCUT2D eigenvalue weighted by Crippen LogP contribution is -2.34. The Kier molecular flexibility index (Phi) is 6.96. The van der Waals surface area contributed by atoms with Crippen molar-refractivity contribution < 1.29 is 23.0 Å². The van der Waals surface area contributed by atoms with Crippen molar-refractivity contribution in [3.05, 3.63) is 52.0 Å². The highest BCUT2D eigenvalue weighted by Crippen LogP contribution is 2.33. The molecule has 0 aliphatic rings. The Morgan fingerprint density at radius 3 is 2.38 bits per heavy atom. The van der Waals surface area contributed by atoms with Crippen LogP contribution in [0.4, 0.5) is 14.5 Å². The number of hydrogen-bond donors (Lipinski definition) is 2. The van der Waals surface area contributed by atoms with E-state index in [2.05, 4.69) is 15.4 Å². The van der Waals surface area contributed by atoms with E-state index in [4.69, 9.17) is 40.2 Å². The third-order valence-corrected chi connectivity index (χ3v) is 3.81. The summed E-state index contributed by atoms with van der Waals surface area (Å²) in [6.45, 7) is -3.00. The number of rotatable bonds is 5. The molecular weight excluding hydrogens is 409 g/mol. The molecule has 2 rings (SSSR count). The van der Waals surface area contributed by atoms with E-state index in [0.717, 1.165) is 0 Å². The maximum atomic E-state index is 12.4. The van der Waals surface area contributed by atoms with Gasteiger partial charge in [0, 0.05) is 5.56 Å². The first-order valence-electron chi connectivity index (χ1n) is 7.01. The van der Waals surface area contributed by atoms with Crippen molar-refractivity contribution in [3.63, 3.8) is 0 Å². The molecule has 2 aromatic rings. The summed E-state index contributed by atoms with van der Waals surface area (Å²) in [7, 11) is 1.39. The quantitative estimate of drug-likeness (QED) is 0.684. The van der Waals surface area contributed by atoms with Gasteiger partial charge >= 0.3 is 6.61 Å². The van der Waals surface area contributed by atoms with Crippen LogP contribution in [0.5, 0.6) is 11.5 Å². The maximum absolute atomic E-state index is 12.4. The van der Waals surface area contributed by atoms with Gasteiger partial charge < -0.3 is 14.8 Å². The number of nitrogens with one attached hydrogen (secondary N) is 2. The molecule has 0 bridgehead atoms. The lowest BCUT2D eigenvalue weighted by molar-refractivity contribution is -0.0493. The van der Waals surface area contributed by atoms with Gasteiger partial charge in [0.2, 0.25) is 0 Å². The third-order valence-electron chi connectivity index (χ3n) is 3.04. The Balaban J connectivity index is 2.10. The molecule has 0 aromatic heterocycles. The zero-order chi connectivity index (χ0) is 19.3. The Labute approximate surface area is 163 Å². The fourth-order valence-electron chi connectivity index (χ4n) is 1.98. The molecule has 26 heavy (non-hydrogen) atoms. The van der Waals surface area contributed by atoms with Crippen molar-refractivity contribution in [1.82, 2.24) is 5.32 Å². The summed E-state index contributed by atoms with van der Waals surface area (Å²) in [5, 5.41) is 5.20. The predicted octanol–water partition coefficient (Wildman–Crippen LogP) is 4.73. The van der Waals surface area contributed by atoms with Gasteiger partial charge in [0.1, 0.15) is 5.75 Å². The summed E-state index contributed by atoms with van der Waals surface area (Å²) < 4.78 is 34.2. The first kappa shape index (κ1) is 20.2. The molecule has 0 aliphatic carbocycles. The van der Waals surface area contributed by atoms with E-state index in [1.54, 1.807) is 6.07 Å². The maximum Gasteiger partial charge on any atom is 0.387 e. The van der Waals surface area contributed by atoms with Crippen molar-refractivity contribution in [1.29, 1.82) is 0 Å². The summed E-state index contributed by atoms with van der Waals surface area (Å²) in [5.41, 5.74) is 0.311. The highest BCUT2D eigenvalue weighted by atomic mass is 35.5. The molecule has 2 N–H and O–H groups in total. The largest absolute Gasteiger partial charge is 0.494 e. The van der Waals surface area contributed by atoms with Crippen LogP contribution >= 0.6 is 35.4 Å². The van der Waals surface area contributed by atoms with Gasteiger partial charge in [0.15, 0.2) is 10.9 Å². The number of carbonyl (C=O) groups excluding carboxylic acids is 1. The molecule has 5 nitrogen and oxygen atoms in total. The first-order valence-corrected chi connectivity index (χ1v) is 8.17. The standard InChI is InChI=1S/C16H12Cl2F2N2O3S/c1-24-13-9(17)6-8(7-10(13)18)14(23)22-16(26)21-11-4-2-3-5-12(11)25-15(19)20/h2-7,15H,1H3,(H2,21,22,23,26). The lowest BCUT2D eigenvalue weighted by atomic mass is 10.2. The number of amides is 1. The number of carbonyl (C=O) groups is 1. The van der Waals surface area contributed by atoms with Crippen LogP contribution in [0.25, 0.3) is 0 Å². The van der Waals surface area contributed by atoms with E-state index < -0.39 is 12.5 Å². The molecule has 0 heterocycles. The monoisotopic (exact) mass is 420 g/mol. The molecule has 0 unspecified atom stereocenters. The van der Waals surface area contributed by atoms with E-state index >= 15 is 0 Å². The minimum absolute atomic E-state index is 0.116. The fourth-order valence-corrected chi connectivity index (χ4v) is 2.83. The van der Waals surface area contributed by atoms with Crippen molar-refractivity contribution in [2.45, 2.75) is 6.61 Å². The first-order chi connectivity index (χ1) is 12.3. The zero-order valence-electron chi connectivity index (χ0n) is 13.2. The topological polar surface area (TPSA) is 59.6 Å². The Hall–Kier alpha value is -2.16. The zero-order valence-corrected chi connectivity index (χ0v) is 15.5. The number of anilines is 1. The molecule has 1 amide bonds. The average molecular weight is 421 g/mol. The smallest absolute Gasteiger partial charge is 0.387 e. The molecule has 0 atom stereocenters. The lowest BCUT2D eigenvalue weighted by Gasteiger charge is -2.14. The van der Waals surface area contributed by atoms with Crippen LogP contribution in [0, 0.1) is 0 Å². The number of thiocarbonyl (C=S) groups is 1. The van der Waals surface area contributed by atoms with Gasteiger partial charge in [0.05, 0.1) is 22.8 Å². The second kappa shape index (κ2) is 8.98. The molecule has 10 heteroatoms. The van der Waals surface area contributed by atoms with Gasteiger partial charge in [-0.25, -0.2) is 0 Å². The number of benzene rings is 2. The molecule has 0 radical (unpaired) electrons. The van der Waals surface area contributed by atoms with Gasteiger partial charge in [-0.05, 0) is 36.5 Å².